The van der Waals surface area contributed by atoms with Gasteiger partial charge in [-0.1, -0.05) is 17.7 Å². The molecule has 1 aromatic rings. The highest BCUT2D eigenvalue weighted by atomic mass is 35.5. The molecule has 1 fully saturated rings. The molecule has 1 aromatic carbocycles. The summed E-state index contributed by atoms with van der Waals surface area (Å²) in [6, 6.07) is 5.29. The van der Waals surface area contributed by atoms with Crippen molar-refractivity contribution in [3.63, 3.8) is 0 Å². The Morgan fingerprint density at radius 2 is 2.04 bits per heavy atom. The molecule has 1 heterocycles. The van der Waals surface area contributed by atoms with Crippen molar-refractivity contribution in [2.75, 3.05) is 33.2 Å². The maximum absolute atomic E-state index is 13.8. The minimum absolute atomic E-state index is 0.172. The van der Waals surface area contributed by atoms with E-state index in [1.807, 2.05) is 6.07 Å². The summed E-state index contributed by atoms with van der Waals surface area (Å²) < 4.78 is 13.8. The lowest BCUT2D eigenvalue weighted by Gasteiger charge is -2.25. The van der Waals surface area contributed by atoms with E-state index < -0.39 is 0 Å². The van der Waals surface area contributed by atoms with Gasteiger partial charge in [-0.2, -0.15) is 0 Å². The lowest BCUT2D eigenvalue weighted by molar-refractivity contribution is 0.279. The summed E-state index contributed by atoms with van der Waals surface area (Å²) in [4.78, 5) is 6.95. The first-order valence-electron chi connectivity index (χ1n) is 8.24. The zero-order valence-electron chi connectivity index (χ0n) is 14.1. The first-order valence-corrected chi connectivity index (χ1v) is 8.62. The molecule has 4 nitrogen and oxygen atoms in total. The smallest absolute Gasteiger partial charge is 0.191 e. The van der Waals surface area contributed by atoms with Gasteiger partial charge in [-0.15, -0.1) is 0 Å². The number of benzene rings is 1. The van der Waals surface area contributed by atoms with E-state index in [-0.39, 0.29) is 16.9 Å². The van der Waals surface area contributed by atoms with E-state index in [1.54, 1.807) is 12.1 Å². The van der Waals surface area contributed by atoms with Gasteiger partial charge in [-0.3, -0.25) is 9.89 Å². The number of nitrogens with zero attached hydrogens (tertiary/aromatic N) is 2. The third-order valence-corrected chi connectivity index (χ3v) is 4.54. The summed E-state index contributed by atoms with van der Waals surface area (Å²) >= 11 is 5.81. The molecule has 1 saturated heterocycles. The minimum Gasteiger partial charge on any atom is -0.357 e. The van der Waals surface area contributed by atoms with Crippen LogP contribution in [0.3, 0.4) is 0 Å². The number of rotatable bonds is 5. The molecule has 0 aliphatic carbocycles. The van der Waals surface area contributed by atoms with Gasteiger partial charge in [0.1, 0.15) is 5.82 Å². The minimum atomic E-state index is -0.354. The van der Waals surface area contributed by atoms with Gasteiger partial charge in [0.15, 0.2) is 5.96 Å². The van der Waals surface area contributed by atoms with Gasteiger partial charge in [-0.05, 0) is 57.5 Å². The Morgan fingerprint density at radius 3 is 2.65 bits per heavy atom. The Kier molecular flexibility index (Phi) is 6.66. The molecule has 2 unspecified atom stereocenters. The normalized spacial score (nSPS) is 21.3. The highest BCUT2D eigenvalue weighted by Crippen LogP contribution is 2.37. The molecule has 128 valence electrons. The van der Waals surface area contributed by atoms with E-state index in [4.69, 9.17) is 11.6 Å². The Hall–Kier alpha value is -1.33. The summed E-state index contributed by atoms with van der Waals surface area (Å²) in [5.41, 5.74) is 0.973. The zero-order valence-corrected chi connectivity index (χ0v) is 14.8. The van der Waals surface area contributed by atoms with Crippen LogP contribution in [0.1, 0.15) is 31.9 Å². The molecule has 0 saturated carbocycles. The Balaban J connectivity index is 2.14. The molecule has 23 heavy (non-hydrogen) atoms. The van der Waals surface area contributed by atoms with Gasteiger partial charge in [-0.25, -0.2) is 4.39 Å². The highest BCUT2D eigenvalue weighted by Gasteiger charge is 2.33. The fourth-order valence-corrected chi connectivity index (χ4v) is 3.28. The second-order valence-corrected chi connectivity index (χ2v) is 6.30. The van der Waals surface area contributed by atoms with Crippen LogP contribution in [0.25, 0.3) is 0 Å². The molecule has 2 rings (SSSR count). The lowest BCUT2D eigenvalue weighted by atomic mass is 9.94. The topological polar surface area (TPSA) is 39.7 Å². The molecular formula is C17H26ClFN4. The number of halogens is 2. The van der Waals surface area contributed by atoms with Crippen molar-refractivity contribution in [3.05, 3.63) is 34.6 Å². The van der Waals surface area contributed by atoms with Crippen LogP contribution in [0.15, 0.2) is 23.2 Å². The van der Waals surface area contributed by atoms with Gasteiger partial charge in [0, 0.05) is 25.7 Å². The van der Waals surface area contributed by atoms with Gasteiger partial charge in [0.2, 0.25) is 0 Å². The second-order valence-electron chi connectivity index (χ2n) is 5.90. The first-order chi connectivity index (χ1) is 11.1. The molecule has 1 aliphatic rings. The average Bonchev–Trinajstić information content (AvgIpc) is 2.89. The van der Waals surface area contributed by atoms with Gasteiger partial charge in [0.05, 0.1) is 5.02 Å². The van der Waals surface area contributed by atoms with Crippen LogP contribution in [0.5, 0.6) is 0 Å². The third kappa shape index (κ3) is 4.58. The third-order valence-electron chi connectivity index (χ3n) is 4.23. The molecule has 2 atom stereocenters. The predicted molar refractivity (Wildman–Crippen MR) is 94.5 cm³/mol. The second kappa shape index (κ2) is 8.50. The molecule has 1 aliphatic heterocycles. The maximum atomic E-state index is 13.8. The molecule has 2 N–H and O–H groups in total. The highest BCUT2D eigenvalue weighted by molar-refractivity contribution is 6.30. The predicted octanol–water partition coefficient (Wildman–Crippen LogP) is 3.05. The van der Waals surface area contributed by atoms with Crippen molar-refractivity contribution in [1.82, 2.24) is 15.5 Å². The van der Waals surface area contributed by atoms with E-state index >= 15 is 0 Å². The number of hydrogen-bond donors (Lipinski definition) is 2. The van der Waals surface area contributed by atoms with E-state index in [0.717, 1.165) is 37.6 Å². The Labute approximate surface area is 143 Å². The lowest BCUT2D eigenvalue weighted by Crippen LogP contribution is -2.37. The van der Waals surface area contributed by atoms with Crippen LogP contribution in [0.2, 0.25) is 5.02 Å². The van der Waals surface area contributed by atoms with Crippen molar-refractivity contribution in [2.45, 2.75) is 26.3 Å². The van der Waals surface area contributed by atoms with Gasteiger partial charge in [0.25, 0.3) is 0 Å². The van der Waals surface area contributed by atoms with E-state index in [9.17, 15) is 4.39 Å². The van der Waals surface area contributed by atoms with Crippen LogP contribution in [0, 0.1) is 11.7 Å². The molecule has 6 heteroatoms. The van der Waals surface area contributed by atoms with E-state index in [0.29, 0.717) is 12.5 Å². The molecule has 0 aromatic heterocycles. The quantitative estimate of drug-likeness (QED) is 0.639. The Bertz CT molecular complexity index is 541. The zero-order chi connectivity index (χ0) is 16.8. The molecular weight excluding hydrogens is 315 g/mol. The number of nitrogens with one attached hydrogen (secondary N) is 2. The first kappa shape index (κ1) is 18.0. The summed E-state index contributed by atoms with van der Waals surface area (Å²) in [6.07, 6.45) is 1.06. The largest absolute Gasteiger partial charge is 0.357 e. The average molecular weight is 341 g/mol. The van der Waals surface area contributed by atoms with Crippen LogP contribution in [-0.4, -0.2) is 44.1 Å². The molecule has 0 radical (unpaired) electrons. The fourth-order valence-electron chi connectivity index (χ4n) is 3.16. The van der Waals surface area contributed by atoms with Crippen molar-refractivity contribution in [3.8, 4) is 0 Å². The summed E-state index contributed by atoms with van der Waals surface area (Å²) in [7, 11) is 2.08. The monoisotopic (exact) mass is 340 g/mol. The standard InChI is InChI=1S/C17H26ClFN4/c1-4-20-17(21-5-2)22-11-13-8-9-23(3)16(13)12-6-7-14(18)15(19)10-12/h6-7,10,13,16H,4-5,8-9,11H2,1-3H3,(H2,20,21,22). The SMILES string of the molecule is CCNC(=NCC1CCN(C)C1c1ccc(Cl)c(F)c1)NCC. The summed E-state index contributed by atoms with van der Waals surface area (Å²) in [5, 5.41) is 6.65. The van der Waals surface area contributed by atoms with Crippen molar-refractivity contribution in [1.29, 1.82) is 0 Å². The summed E-state index contributed by atoms with van der Waals surface area (Å²) in [5.74, 6) is 0.853. The van der Waals surface area contributed by atoms with Crippen molar-refractivity contribution < 1.29 is 4.39 Å². The van der Waals surface area contributed by atoms with Crippen LogP contribution in [0.4, 0.5) is 4.39 Å². The van der Waals surface area contributed by atoms with Crippen LogP contribution in [-0.2, 0) is 0 Å². The number of guanidine groups is 1. The van der Waals surface area contributed by atoms with Crippen LogP contribution >= 0.6 is 11.6 Å². The van der Waals surface area contributed by atoms with E-state index in [1.165, 1.54) is 0 Å². The van der Waals surface area contributed by atoms with Crippen molar-refractivity contribution in [2.24, 2.45) is 10.9 Å². The maximum Gasteiger partial charge on any atom is 0.191 e. The number of likely N-dealkylation sites (tertiary alicyclic amines) is 1. The van der Waals surface area contributed by atoms with Gasteiger partial charge >= 0.3 is 0 Å². The van der Waals surface area contributed by atoms with Crippen LogP contribution < -0.4 is 10.6 Å². The molecule has 0 bridgehead atoms. The number of hydrogen-bond acceptors (Lipinski definition) is 2. The van der Waals surface area contributed by atoms with E-state index in [2.05, 4.69) is 41.4 Å². The molecule has 0 amide bonds. The number of aliphatic imine (C=N–C) groups is 1. The van der Waals surface area contributed by atoms with Crippen molar-refractivity contribution >= 4 is 17.6 Å². The molecule has 0 spiro atoms. The Morgan fingerprint density at radius 1 is 1.35 bits per heavy atom. The fraction of sp³-hybridized carbons (Fsp3) is 0.588. The van der Waals surface area contributed by atoms with Gasteiger partial charge < -0.3 is 10.6 Å². The summed E-state index contributed by atoms with van der Waals surface area (Å²) in [6.45, 7) is 7.48.